The molecule has 0 N–H and O–H groups in total. The van der Waals surface area contributed by atoms with Crippen LogP contribution in [0, 0.1) is 0 Å². The zero-order chi connectivity index (χ0) is 28.9. The molecular weight excluding hydrogens is 494 g/mol. The summed E-state index contributed by atoms with van der Waals surface area (Å²) in [7, 11) is 4.42. The largest absolute Gasteiger partial charge is 0.455 e. The summed E-state index contributed by atoms with van der Waals surface area (Å²) in [4.78, 5) is 12.6. The summed E-state index contributed by atoms with van der Waals surface area (Å²) < 4.78 is 12.7. The normalized spacial score (nSPS) is 12.3. The van der Waals surface area contributed by atoms with Crippen LogP contribution < -0.4 is 4.74 Å². The molecule has 4 nitrogen and oxygen atoms in total. The predicted octanol–water partition coefficient (Wildman–Crippen LogP) is 9.65. The highest BCUT2D eigenvalue weighted by Crippen LogP contribution is 2.19. The van der Waals surface area contributed by atoms with Crippen molar-refractivity contribution in [2.24, 2.45) is 0 Å². The second-order valence-electron chi connectivity index (χ2n) is 12.2. The molecule has 0 aromatic heterocycles. The number of carbonyl (C=O) groups is 1. The Bertz CT molecular complexity index is 894. The Morgan fingerprint density at radius 2 is 1.30 bits per heavy atom. The second-order valence-corrected chi connectivity index (χ2v) is 12.2. The molecule has 0 bridgehead atoms. The molecule has 2 aromatic carbocycles. The molecule has 40 heavy (non-hydrogen) atoms. The molecule has 2 rings (SSSR count). The first-order valence-electron chi connectivity index (χ1n) is 16.2. The van der Waals surface area contributed by atoms with Crippen LogP contribution in [0.3, 0.4) is 0 Å². The van der Waals surface area contributed by atoms with Crippen LogP contribution in [-0.4, -0.2) is 37.4 Å². The van der Waals surface area contributed by atoms with Gasteiger partial charge in [-0.2, -0.15) is 0 Å². The van der Waals surface area contributed by atoms with Crippen LogP contribution in [0.2, 0.25) is 0 Å². The van der Waals surface area contributed by atoms with Gasteiger partial charge >= 0.3 is 5.97 Å². The van der Waals surface area contributed by atoms with E-state index in [4.69, 9.17) is 9.47 Å². The fourth-order valence-electron chi connectivity index (χ4n) is 5.27. The first-order valence-corrected chi connectivity index (χ1v) is 16.2. The quantitative estimate of drug-likeness (QED) is 0.0596. The molecule has 1 atom stereocenters. The van der Waals surface area contributed by atoms with E-state index in [-0.39, 0.29) is 5.97 Å². The number of nitrogens with zero attached hydrogens (tertiary/aromatic N) is 1. The van der Waals surface area contributed by atoms with E-state index in [0.29, 0.717) is 12.8 Å². The van der Waals surface area contributed by atoms with E-state index < -0.39 is 6.29 Å². The highest BCUT2D eigenvalue weighted by atomic mass is 16.7. The minimum Gasteiger partial charge on any atom is -0.455 e. The van der Waals surface area contributed by atoms with E-state index in [1.807, 2.05) is 18.2 Å². The summed E-state index contributed by atoms with van der Waals surface area (Å²) in [6, 6.07) is 18.9. The van der Waals surface area contributed by atoms with Crippen molar-refractivity contribution < 1.29 is 18.8 Å². The van der Waals surface area contributed by atoms with Crippen LogP contribution in [0.5, 0.6) is 5.75 Å². The topological polar surface area (TPSA) is 35.5 Å². The molecule has 0 aliphatic heterocycles. The molecule has 0 saturated heterocycles. The van der Waals surface area contributed by atoms with Gasteiger partial charge in [0.25, 0.3) is 0 Å². The molecular formula is C36H58NO3+. The Labute approximate surface area is 246 Å². The number of esters is 1. The van der Waals surface area contributed by atoms with Crippen LogP contribution in [0.1, 0.15) is 121 Å². The van der Waals surface area contributed by atoms with Gasteiger partial charge in [-0.05, 0) is 37.0 Å². The number of quaternary nitrogens is 1. The number of ether oxygens (including phenoxy) is 2. The van der Waals surface area contributed by atoms with E-state index >= 15 is 0 Å². The highest BCUT2D eigenvalue weighted by molar-refractivity contribution is 5.69. The molecule has 2 aromatic rings. The molecule has 0 fully saturated rings. The third kappa shape index (κ3) is 16.1. The Kier molecular flexibility index (Phi) is 17.4. The standard InChI is InChI=1S/C36H58NO3/c1-5-7-8-9-10-11-12-13-14-15-17-22-32-26-28-34(29-27-32)39-36(21-6-2)40-35(38)25-20-30-37(3,4)31-33-23-18-16-19-24-33/h16,18-19,23-24,26-29,36H,5-15,17,20-22,25,30-31H2,1-4H3/q+1. The third-order valence-electron chi connectivity index (χ3n) is 7.64. The van der Waals surface area contributed by atoms with Crippen LogP contribution >= 0.6 is 0 Å². The minimum absolute atomic E-state index is 0.175. The molecule has 0 aliphatic carbocycles. The van der Waals surface area contributed by atoms with Gasteiger partial charge in [0.15, 0.2) is 0 Å². The molecule has 0 spiro atoms. The van der Waals surface area contributed by atoms with E-state index in [1.165, 1.54) is 81.8 Å². The van der Waals surface area contributed by atoms with E-state index in [0.717, 1.165) is 42.6 Å². The molecule has 4 heteroatoms. The Morgan fingerprint density at radius 1 is 0.700 bits per heavy atom. The van der Waals surface area contributed by atoms with Gasteiger partial charge < -0.3 is 14.0 Å². The lowest BCUT2D eigenvalue weighted by Gasteiger charge is -2.30. The summed E-state index contributed by atoms with van der Waals surface area (Å²) >= 11 is 0. The van der Waals surface area contributed by atoms with Crippen LogP contribution in [0.25, 0.3) is 0 Å². The Balaban J connectivity index is 1.62. The number of unbranched alkanes of at least 4 members (excludes halogenated alkanes) is 10. The fourth-order valence-corrected chi connectivity index (χ4v) is 5.27. The molecule has 224 valence electrons. The third-order valence-corrected chi connectivity index (χ3v) is 7.64. The SMILES string of the molecule is CCCCCCCCCCCCCc1ccc(OC(CCC)OC(=O)CCC[N+](C)(C)Cc2ccccc2)cc1. The van der Waals surface area contributed by atoms with Crippen molar-refractivity contribution in [2.45, 2.75) is 129 Å². The highest BCUT2D eigenvalue weighted by Gasteiger charge is 2.19. The molecule has 0 radical (unpaired) electrons. The number of carbonyl (C=O) groups excluding carboxylic acids is 1. The number of rotatable bonds is 23. The van der Waals surface area contributed by atoms with Gasteiger partial charge in [0.1, 0.15) is 12.3 Å². The molecule has 0 amide bonds. The van der Waals surface area contributed by atoms with Gasteiger partial charge in [-0.1, -0.05) is 121 Å². The zero-order valence-electron chi connectivity index (χ0n) is 26.2. The fraction of sp³-hybridized carbons (Fsp3) is 0.639. The van der Waals surface area contributed by atoms with Crippen LogP contribution in [-0.2, 0) is 22.5 Å². The van der Waals surface area contributed by atoms with Crippen molar-refractivity contribution in [3.63, 3.8) is 0 Å². The number of hydrogen-bond donors (Lipinski definition) is 0. The van der Waals surface area contributed by atoms with Crippen molar-refractivity contribution in [1.29, 1.82) is 0 Å². The van der Waals surface area contributed by atoms with Crippen molar-refractivity contribution >= 4 is 5.97 Å². The van der Waals surface area contributed by atoms with Gasteiger partial charge in [-0.3, -0.25) is 4.79 Å². The average Bonchev–Trinajstić information content (AvgIpc) is 2.93. The summed E-state index contributed by atoms with van der Waals surface area (Å²) in [6.07, 6.45) is 18.5. The lowest BCUT2D eigenvalue weighted by molar-refractivity contribution is -0.903. The Morgan fingerprint density at radius 3 is 1.90 bits per heavy atom. The maximum absolute atomic E-state index is 12.6. The van der Waals surface area contributed by atoms with E-state index in [1.54, 1.807) is 0 Å². The van der Waals surface area contributed by atoms with E-state index in [2.05, 4.69) is 64.3 Å². The number of aryl methyl sites for hydroxylation is 1. The van der Waals surface area contributed by atoms with Gasteiger partial charge in [0.05, 0.1) is 27.1 Å². The average molecular weight is 553 g/mol. The van der Waals surface area contributed by atoms with Gasteiger partial charge in [0, 0.05) is 18.4 Å². The lowest BCUT2D eigenvalue weighted by atomic mass is 10.0. The summed E-state index contributed by atoms with van der Waals surface area (Å²) in [6.45, 7) is 6.24. The van der Waals surface area contributed by atoms with Gasteiger partial charge in [0.2, 0.25) is 6.29 Å². The molecule has 0 aliphatic rings. The van der Waals surface area contributed by atoms with Gasteiger partial charge in [-0.15, -0.1) is 0 Å². The molecule has 0 saturated carbocycles. The van der Waals surface area contributed by atoms with Crippen LogP contribution in [0.4, 0.5) is 0 Å². The predicted molar refractivity (Wildman–Crippen MR) is 168 cm³/mol. The lowest BCUT2D eigenvalue weighted by Crippen LogP contribution is -2.39. The number of hydrogen-bond acceptors (Lipinski definition) is 3. The minimum atomic E-state index is -0.526. The molecule has 0 heterocycles. The van der Waals surface area contributed by atoms with E-state index in [9.17, 15) is 4.79 Å². The van der Waals surface area contributed by atoms with Crippen LogP contribution in [0.15, 0.2) is 54.6 Å². The maximum atomic E-state index is 12.6. The monoisotopic (exact) mass is 552 g/mol. The van der Waals surface area contributed by atoms with Crippen molar-refractivity contribution in [3.8, 4) is 5.75 Å². The zero-order valence-corrected chi connectivity index (χ0v) is 26.2. The second kappa shape index (κ2) is 20.5. The summed E-state index contributed by atoms with van der Waals surface area (Å²) in [5.74, 6) is 0.598. The van der Waals surface area contributed by atoms with Crippen molar-refractivity contribution in [1.82, 2.24) is 0 Å². The van der Waals surface area contributed by atoms with Gasteiger partial charge in [-0.25, -0.2) is 0 Å². The summed E-state index contributed by atoms with van der Waals surface area (Å²) in [5, 5.41) is 0. The smallest absolute Gasteiger partial charge is 0.309 e. The first-order chi connectivity index (χ1) is 19.4. The summed E-state index contributed by atoms with van der Waals surface area (Å²) in [5.41, 5.74) is 2.67. The number of benzene rings is 2. The first kappa shape index (κ1) is 33.9. The Hall–Kier alpha value is -2.33. The van der Waals surface area contributed by atoms with Crippen molar-refractivity contribution in [3.05, 3.63) is 65.7 Å². The van der Waals surface area contributed by atoms with Crippen molar-refractivity contribution in [2.75, 3.05) is 20.6 Å². The molecule has 1 unspecified atom stereocenters. The maximum Gasteiger partial charge on any atom is 0.309 e.